The Bertz CT molecular complexity index is 1440. The van der Waals surface area contributed by atoms with E-state index in [4.69, 9.17) is 11.6 Å². The number of carbonyl (C=O) groups is 2. The Morgan fingerprint density at radius 2 is 1.44 bits per heavy atom. The molecule has 0 aliphatic heterocycles. The highest BCUT2D eigenvalue weighted by molar-refractivity contribution is 7.92. The molecule has 1 saturated carbocycles. The molecule has 1 fully saturated rings. The maximum absolute atomic E-state index is 14.0. The van der Waals surface area contributed by atoms with Crippen molar-refractivity contribution in [3.05, 3.63) is 94.5 Å². The summed E-state index contributed by atoms with van der Waals surface area (Å²) in [4.78, 5) is 29.0. The number of rotatable bonds is 10. The second kappa shape index (κ2) is 13.5. The normalized spacial score (nSPS) is 14.7. The van der Waals surface area contributed by atoms with Crippen molar-refractivity contribution >= 4 is 39.1 Å². The summed E-state index contributed by atoms with van der Waals surface area (Å²) in [6.07, 6.45) is 5.14. The molecule has 9 heteroatoms. The number of halogens is 1. The molecule has 7 nitrogen and oxygen atoms in total. The van der Waals surface area contributed by atoms with Crippen LogP contribution in [0, 0.1) is 13.8 Å². The van der Waals surface area contributed by atoms with E-state index in [0.717, 1.165) is 53.1 Å². The Kier molecular flexibility index (Phi) is 10.1. The van der Waals surface area contributed by atoms with E-state index in [2.05, 4.69) is 5.32 Å². The first-order valence-electron chi connectivity index (χ1n) is 14.0. The fraction of sp³-hybridized carbons (Fsp3) is 0.375. The molecule has 1 aliphatic rings. The second-order valence-corrected chi connectivity index (χ2v) is 13.1. The van der Waals surface area contributed by atoms with Gasteiger partial charge in [-0.25, -0.2) is 8.42 Å². The molecule has 218 valence electrons. The third-order valence-electron chi connectivity index (χ3n) is 7.59. The van der Waals surface area contributed by atoms with E-state index in [1.165, 1.54) is 17.0 Å². The summed E-state index contributed by atoms with van der Waals surface area (Å²) < 4.78 is 28.9. The number of benzene rings is 3. The minimum absolute atomic E-state index is 0.0685. The molecular weight excluding hydrogens is 558 g/mol. The maximum Gasteiger partial charge on any atom is 0.264 e. The van der Waals surface area contributed by atoms with Crippen LogP contribution in [0.1, 0.15) is 55.7 Å². The van der Waals surface area contributed by atoms with Crippen molar-refractivity contribution in [1.82, 2.24) is 10.2 Å². The molecule has 1 aliphatic carbocycles. The minimum atomic E-state index is -4.12. The molecule has 0 bridgehead atoms. The Balaban J connectivity index is 1.66. The lowest BCUT2D eigenvalue weighted by Crippen LogP contribution is -2.53. The van der Waals surface area contributed by atoms with Crippen LogP contribution in [0.3, 0.4) is 0 Å². The fourth-order valence-corrected chi connectivity index (χ4v) is 6.56. The van der Waals surface area contributed by atoms with E-state index in [-0.39, 0.29) is 23.4 Å². The molecule has 3 aromatic carbocycles. The zero-order chi connectivity index (χ0) is 29.6. The lowest BCUT2D eigenvalue weighted by molar-refractivity contribution is -0.139. The number of hydrogen-bond acceptors (Lipinski definition) is 4. The molecule has 41 heavy (non-hydrogen) atoms. The molecule has 4 rings (SSSR count). The SMILES string of the molecule is Cc1ccc(CN(C(=O)CN(c2ccc(Cl)cc2)S(=O)(=O)c2ccc(C)cc2)[C@H](C)C(=O)NC2CCCCC2)cc1. The van der Waals surface area contributed by atoms with Crippen LogP contribution in [0.15, 0.2) is 77.7 Å². The van der Waals surface area contributed by atoms with Crippen LogP contribution in [0.2, 0.25) is 5.02 Å². The van der Waals surface area contributed by atoms with Gasteiger partial charge in [0.15, 0.2) is 0 Å². The van der Waals surface area contributed by atoms with Crippen LogP contribution in [-0.4, -0.2) is 43.8 Å². The van der Waals surface area contributed by atoms with Crippen LogP contribution < -0.4 is 9.62 Å². The van der Waals surface area contributed by atoms with E-state index in [1.54, 1.807) is 43.3 Å². The molecule has 0 spiro atoms. The van der Waals surface area contributed by atoms with Crippen molar-refractivity contribution < 1.29 is 18.0 Å². The van der Waals surface area contributed by atoms with Crippen molar-refractivity contribution in [2.24, 2.45) is 0 Å². The number of nitrogens with one attached hydrogen (secondary N) is 1. The zero-order valence-electron chi connectivity index (χ0n) is 23.8. The smallest absolute Gasteiger partial charge is 0.264 e. The minimum Gasteiger partial charge on any atom is -0.352 e. The molecule has 2 amide bonds. The Morgan fingerprint density at radius 3 is 2.02 bits per heavy atom. The van der Waals surface area contributed by atoms with Gasteiger partial charge in [0, 0.05) is 17.6 Å². The summed E-state index contributed by atoms with van der Waals surface area (Å²) in [6, 6.07) is 19.8. The van der Waals surface area contributed by atoms with Crippen molar-refractivity contribution in [3.63, 3.8) is 0 Å². The van der Waals surface area contributed by atoms with Crippen molar-refractivity contribution in [3.8, 4) is 0 Å². The van der Waals surface area contributed by atoms with E-state index < -0.39 is 28.5 Å². The van der Waals surface area contributed by atoms with E-state index in [1.807, 2.05) is 38.1 Å². The van der Waals surface area contributed by atoms with Crippen molar-refractivity contribution in [2.45, 2.75) is 76.4 Å². The quantitative estimate of drug-likeness (QED) is 0.311. The molecule has 1 atom stereocenters. The first-order valence-corrected chi connectivity index (χ1v) is 15.9. The van der Waals surface area contributed by atoms with Gasteiger partial charge in [-0.3, -0.25) is 13.9 Å². The number of nitrogens with zero attached hydrogens (tertiary/aromatic N) is 2. The second-order valence-electron chi connectivity index (χ2n) is 10.8. The predicted molar refractivity (Wildman–Crippen MR) is 163 cm³/mol. The standard InChI is InChI=1S/C32H38ClN3O4S/c1-23-9-13-26(14-10-23)21-35(25(3)32(38)34-28-7-5-4-6-8-28)31(37)22-36(29-17-15-27(33)16-18-29)41(39,40)30-19-11-24(2)12-20-30/h9-20,25,28H,4-8,21-22H2,1-3H3,(H,34,38)/t25-/m1/s1. The first kappa shape index (κ1) is 30.6. The van der Waals surface area contributed by atoms with E-state index >= 15 is 0 Å². The van der Waals surface area contributed by atoms with Crippen LogP contribution in [0.5, 0.6) is 0 Å². The highest BCUT2D eigenvalue weighted by atomic mass is 35.5. The molecule has 0 aromatic heterocycles. The van der Waals surface area contributed by atoms with Crippen molar-refractivity contribution in [2.75, 3.05) is 10.8 Å². The van der Waals surface area contributed by atoms with Gasteiger partial charge in [0.25, 0.3) is 10.0 Å². The summed E-state index contributed by atoms with van der Waals surface area (Å²) in [6.45, 7) is 5.24. The molecule has 0 heterocycles. The zero-order valence-corrected chi connectivity index (χ0v) is 25.4. The van der Waals surface area contributed by atoms with Gasteiger partial charge < -0.3 is 10.2 Å². The first-order chi connectivity index (χ1) is 19.5. The highest BCUT2D eigenvalue weighted by Crippen LogP contribution is 2.26. The van der Waals surface area contributed by atoms with Crippen LogP contribution >= 0.6 is 11.6 Å². The molecule has 0 saturated heterocycles. The summed E-state index contributed by atoms with van der Waals surface area (Å²) in [5.41, 5.74) is 3.14. The van der Waals surface area contributed by atoms with Crippen LogP contribution in [-0.2, 0) is 26.2 Å². The fourth-order valence-electron chi connectivity index (χ4n) is 5.02. The Labute approximate surface area is 248 Å². The maximum atomic E-state index is 14.0. The van der Waals surface area contributed by atoms with Crippen molar-refractivity contribution in [1.29, 1.82) is 0 Å². The van der Waals surface area contributed by atoms with Gasteiger partial charge in [0.1, 0.15) is 12.6 Å². The predicted octanol–water partition coefficient (Wildman–Crippen LogP) is 6.02. The van der Waals surface area contributed by atoms with Crippen LogP contribution in [0.25, 0.3) is 0 Å². The summed E-state index contributed by atoms with van der Waals surface area (Å²) in [5.74, 6) is -0.723. The highest BCUT2D eigenvalue weighted by Gasteiger charge is 2.33. The number of amides is 2. The number of carbonyl (C=O) groups excluding carboxylic acids is 2. The lowest BCUT2D eigenvalue weighted by Gasteiger charge is -2.33. The monoisotopic (exact) mass is 595 g/mol. The Morgan fingerprint density at radius 1 is 0.878 bits per heavy atom. The van der Waals surface area contributed by atoms with Gasteiger partial charge in [-0.05, 0) is 75.6 Å². The number of sulfonamides is 1. The average Bonchev–Trinajstić information content (AvgIpc) is 2.96. The van der Waals surface area contributed by atoms with Gasteiger partial charge in [-0.15, -0.1) is 0 Å². The van der Waals surface area contributed by atoms with Gasteiger partial charge in [-0.1, -0.05) is 78.4 Å². The van der Waals surface area contributed by atoms with Gasteiger partial charge in [-0.2, -0.15) is 0 Å². The molecular formula is C32H38ClN3O4S. The number of hydrogen-bond donors (Lipinski definition) is 1. The Hall–Kier alpha value is -3.36. The lowest BCUT2D eigenvalue weighted by atomic mass is 9.95. The molecule has 3 aromatic rings. The van der Waals surface area contributed by atoms with Gasteiger partial charge in [0.05, 0.1) is 10.6 Å². The summed E-state index contributed by atoms with van der Waals surface area (Å²) >= 11 is 6.09. The molecule has 1 N–H and O–H groups in total. The van der Waals surface area contributed by atoms with Gasteiger partial charge in [0.2, 0.25) is 11.8 Å². The van der Waals surface area contributed by atoms with E-state index in [9.17, 15) is 18.0 Å². The average molecular weight is 596 g/mol. The largest absolute Gasteiger partial charge is 0.352 e. The van der Waals surface area contributed by atoms with Gasteiger partial charge >= 0.3 is 0 Å². The summed E-state index contributed by atoms with van der Waals surface area (Å²) in [5, 5.41) is 3.57. The number of aryl methyl sites for hydroxylation is 2. The van der Waals surface area contributed by atoms with Crippen LogP contribution in [0.4, 0.5) is 5.69 Å². The molecule has 0 radical (unpaired) electrons. The third kappa shape index (κ3) is 7.89. The third-order valence-corrected chi connectivity index (χ3v) is 9.63. The van der Waals surface area contributed by atoms with E-state index in [0.29, 0.717) is 10.7 Å². The summed E-state index contributed by atoms with van der Waals surface area (Å²) in [7, 11) is -4.12. The number of anilines is 1. The molecule has 0 unspecified atom stereocenters. The topological polar surface area (TPSA) is 86.8 Å².